The molecule has 16 heavy (non-hydrogen) atoms. The van der Waals surface area contributed by atoms with Gasteiger partial charge in [0.2, 0.25) is 0 Å². The minimum atomic E-state index is -1.09. The topological polar surface area (TPSA) is 98.5 Å². The molecule has 0 aromatic heterocycles. The van der Waals surface area contributed by atoms with Crippen LogP contribution in [-0.2, 0) is 4.74 Å². The van der Waals surface area contributed by atoms with Gasteiger partial charge in [-0.2, -0.15) is 0 Å². The summed E-state index contributed by atoms with van der Waals surface area (Å²) >= 11 is 0. The average Bonchev–Trinajstić information content (AvgIpc) is 2.07. The van der Waals surface area contributed by atoms with Gasteiger partial charge in [0.05, 0.1) is 19.6 Å². The summed E-state index contributed by atoms with van der Waals surface area (Å²) in [6.45, 7) is 5.58. The van der Waals surface area contributed by atoms with E-state index in [1.807, 2.05) is 0 Å². The third-order valence-corrected chi connectivity index (χ3v) is 2.05. The molecule has 0 bridgehead atoms. The molecule has 0 spiro atoms. The van der Waals surface area contributed by atoms with Crippen LogP contribution in [0.25, 0.3) is 10.4 Å². The second kappa shape index (κ2) is 4.19. The number of nitrogens with zero attached hydrogens (tertiary/aromatic N) is 4. The van der Waals surface area contributed by atoms with Crippen molar-refractivity contribution in [3.05, 3.63) is 10.4 Å². The Bertz CT molecular complexity index is 324. The molecule has 1 N–H and O–H groups in total. The Hall–Kier alpha value is -1.46. The quantitative estimate of drug-likeness (QED) is 0.437. The van der Waals surface area contributed by atoms with E-state index in [1.165, 1.54) is 4.90 Å². The lowest BCUT2D eigenvalue weighted by molar-refractivity contribution is -0.0917. The van der Waals surface area contributed by atoms with Gasteiger partial charge >= 0.3 is 6.09 Å². The van der Waals surface area contributed by atoms with E-state index in [1.54, 1.807) is 20.8 Å². The smallest absolute Gasteiger partial charge is 0.410 e. The first-order valence-electron chi connectivity index (χ1n) is 4.97. The zero-order valence-electron chi connectivity index (χ0n) is 9.67. The number of carbonyl (C=O) groups is 1. The second-order valence-electron chi connectivity index (χ2n) is 4.95. The van der Waals surface area contributed by atoms with Crippen molar-refractivity contribution in [2.24, 2.45) is 5.11 Å². The van der Waals surface area contributed by atoms with Gasteiger partial charge in [-0.3, -0.25) is 0 Å². The Morgan fingerprint density at radius 1 is 1.62 bits per heavy atom. The highest BCUT2D eigenvalue weighted by Gasteiger charge is 2.44. The summed E-state index contributed by atoms with van der Waals surface area (Å²) in [5, 5.41) is 13.0. The van der Waals surface area contributed by atoms with Crippen molar-refractivity contribution in [2.75, 3.05) is 19.6 Å². The molecule has 0 aromatic carbocycles. The van der Waals surface area contributed by atoms with Crippen LogP contribution in [0.2, 0.25) is 0 Å². The molecule has 1 amide bonds. The SMILES string of the molecule is CC(C)(C)OC(=O)N1CC(O)(CN=[N+]=[N-])C1. The van der Waals surface area contributed by atoms with Gasteiger partial charge in [-0.25, -0.2) is 4.79 Å². The fourth-order valence-electron chi connectivity index (χ4n) is 1.38. The van der Waals surface area contributed by atoms with Crippen LogP contribution in [0.5, 0.6) is 0 Å². The Kier molecular flexibility index (Phi) is 3.30. The van der Waals surface area contributed by atoms with Crippen LogP contribution < -0.4 is 0 Å². The molecule has 1 saturated heterocycles. The zero-order chi connectivity index (χ0) is 12.4. The molecule has 1 rings (SSSR count). The minimum absolute atomic E-state index is 0.0250. The highest BCUT2D eigenvalue weighted by molar-refractivity contribution is 5.69. The third-order valence-electron chi connectivity index (χ3n) is 2.05. The Labute approximate surface area is 93.6 Å². The molecule has 0 saturated carbocycles. The second-order valence-corrected chi connectivity index (χ2v) is 4.95. The van der Waals surface area contributed by atoms with E-state index in [-0.39, 0.29) is 19.6 Å². The number of azide groups is 1. The van der Waals surface area contributed by atoms with Gasteiger partial charge in [-0.1, -0.05) is 5.11 Å². The standard InChI is InChI=1S/C9H16N4O3/c1-8(2,3)16-7(14)13-5-9(15,6-13)4-11-12-10/h15H,4-6H2,1-3H3. The van der Waals surface area contributed by atoms with Crippen molar-refractivity contribution in [1.29, 1.82) is 0 Å². The van der Waals surface area contributed by atoms with Crippen LogP contribution >= 0.6 is 0 Å². The maximum Gasteiger partial charge on any atom is 0.410 e. The molecule has 90 valence electrons. The summed E-state index contributed by atoms with van der Waals surface area (Å²) < 4.78 is 5.11. The van der Waals surface area contributed by atoms with Gasteiger partial charge in [-0.05, 0) is 26.3 Å². The first-order valence-corrected chi connectivity index (χ1v) is 4.97. The molecule has 0 atom stereocenters. The maximum atomic E-state index is 11.5. The van der Waals surface area contributed by atoms with Gasteiger partial charge in [0.15, 0.2) is 0 Å². The fourth-order valence-corrected chi connectivity index (χ4v) is 1.38. The molecule has 1 aliphatic heterocycles. The molecule has 7 nitrogen and oxygen atoms in total. The lowest BCUT2D eigenvalue weighted by Crippen LogP contribution is -2.65. The van der Waals surface area contributed by atoms with Crippen molar-refractivity contribution < 1.29 is 14.6 Å². The maximum absolute atomic E-state index is 11.5. The first kappa shape index (κ1) is 12.6. The highest BCUT2D eigenvalue weighted by Crippen LogP contribution is 2.23. The monoisotopic (exact) mass is 228 g/mol. The molecule has 0 aromatic rings. The molecule has 1 fully saturated rings. The summed E-state index contributed by atoms with van der Waals surface area (Å²) in [6, 6.07) is 0. The Balaban J connectivity index is 2.40. The predicted octanol–water partition coefficient (Wildman–Crippen LogP) is 1.28. The predicted molar refractivity (Wildman–Crippen MR) is 56.8 cm³/mol. The summed E-state index contributed by atoms with van der Waals surface area (Å²) in [5.74, 6) is 0. The van der Waals surface area contributed by atoms with E-state index >= 15 is 0 Å². The van der Waals surface area contributed by atoms with Gasteiger partial charge in [0.1, 0.15) is 11.2 Å². The molecule has 1 heterocycles. The van der Waals surface area contributed by atoms with Crippen molar-refractivity contribution in [3.63, 3.8) is 0 Å². The lowest BCUT2D eigenvalue weighted by atomic mass is 9.95. The molecular weight excluding hydrogens is 212 g/mol. The van der Waals surface area contributed by atoms with E-state index in [0.29, 0.717) is 0 Å². The number of aliphatic hydroxyl groups is 1. The molecule has 0 aliphatic carbocycles. The van der Waals surface area contributed by atoms with Crippen LogP contribution in [0.1, 0.15) is 20.8 Å². The van der Waals surface area contributed by atoms with Crippen LogP contribution in [0.15, 0.2) is 5.11 Å². The number of rotatable bonds is 2. The van der Waals surface area contributed by atoms with Gasteiger partial charge in [0, 0.05) is 4.91 Å². The number of amides is 1. The van der Waals surface area contributed by atoms with Crippen LogP contribution in [0.3, 0.4) is 0 Å². The number of β-amino-alcohol motifs (C(OH)–C–C–N with tert-alkyl or cyclic N) is 1. The summed E-state index contributed by atoms with van der Waals surface area (Å²) in [7, 11) is 0. The van der Waals surface area contributed by atoms with E-state index in [9.17, 15) is 9.90 Å². The van der Waals surface area contributed by atoms with Crippen LogP contribution in [-0.4, -0.2) is 46.9 Å². The number of hydrogen-bond donors (Lipinski definition) is 1. The summed E-state index contributed by atoms with van der Waals surface area (Å²) in [6.07, 6.45) is -0.460. The average molecular weight is 228 g/mol. The largest absolute Gasteiger partial charge is 0.444 e. The van der Waals surface area contributed by atoms with Gasteiger partial charge in [0.25, 0.3) is 0 Å². The highest BCUT2D eigenvalue weighted by atomic mass is 16.6. The minimum Gasteiger partial charge on any atom is -0.444 e. The Morgan fingerprint density at radius 2 is 2.19 bits per heavy atom. The van der Waals surface area contributed by atoms with E-state index in [2.05, 4.69) is 10.0 Å². The van der Waals surface area contributed by atoms with Gasteiger partial charge in [-0.15, -0.1) is 0 Å². The summed E-state index contributed by atoms with van der Waals surface area (Å²) in [5.41, 5.74) is 6.48. The first-order chi connectivity index (χ1) is 7.26. The number of ether oxygens (including phenoxy) is 1. The van der Waals surface area contributed by atoms with E-state index in [0.717, 1.165) is 0 Å². The molecule has 1 aliphatic rings. The number of likely N-dealkylation sites (tertiary alicyclic amines) is 1. The van der Waals surface area contributed by atoms with Gasteiger partial charge < -0.3 is 14.7 Å². The van der Waals surface area contributed by atoms with Crippen LogP contribution in [0, 0.1) is 0 Å². The summed E-state index contributed by atoms with van der Waals surface area (Å²) in [4.78, 5) is 15.4. The third kappa shape index (κ3) is 3.29. The lowest BCUT2D eigenvalue weighted by Gasteiger charge is -2.45. The normalized spacial score (nSPS) is 18.4. The number of carbonyl (C=O) groups excluding carboxylic acids is 1. The van der Waals surface area contributed by atoms with Crippen molar-refractivity contribution in [2.45, 2.75) is 32.0 Å². The zero-order valence-corrected chi connectivity index (χ0v) is 9.67. The molecule has 0 unspecified atom stereocenters. The van der Waals surface area contributed by atoms with Crippen molar-refractivity contribution >= 4 is 6.09 Å². The molecule has 0 radical (unpaired) electrons. The molecular formula is C9H16N4O3. The Morgan fingerprint density at radius 3 is 2.62 bits per heavy atom. The van der Waals surface area contributed by atoms with Crippen molar-refractivity contribution in [1.82, 2.24) is 4.90 Å². The van der Waals surface area contributed by atoms with E-state index < -0.39 is 17.3 Å². The fraction of sp³-hybridized carbons (Fsp3) is 0.889. The van der Waals surface area contributed by atoms with Crippen molar-refractivity contribution in [3.8, 4) is 0 Å². The van der Waals surface area contributed by atoms with E-state index in [4.69, 9.17) is 10.3 Å². The molecule has 7 heteroatoms. The number of hydrogen-bond acceptors (Lipinski definition) is 4. The van der Waals surface area contributed by atoms with Crippen LogP contribution in [0.4, 0.5) is 4.79 Å².